The molecule has 232 valence electrons. The van der Waals surface area contributed by atoms with Crippen LogP contribution in [0, 0.1) is 17.1 Å². The van der Waals surface area contributed by atoms with Gasteiger partial charge in [-0.2, -0.15) is 5.26 Å². The summed E-state index contributed by atoms with van der Waals surface area (Å²) in [7, 11) is -7.31. The fourth-order valence-corrected chi connectivity index (χ4v) is 6.61. The van der Waals surface area contributed by atoms with Crippen molar-refractivity contribution in [3.63, 3.8) is 0 Å². The molecule has 0 spiro atoms. The second-order valence-electron chi connectivity index (χ2n) is 10.4. The van der Waals surface area contributed by atoms with Gasteiger partial charge in [0.1, 0.15) is 22.5 Å². The van der Waals surface area contributed by atoms with E-state index in [4.69, 9.17) is 9.47 Å². The SMILES string of the molecule is CCCCOCCCNS(=O)(=O)c1ccc(S(=O)(=O)NC(=O)Cc2c(C(C)C)cc(C#N)c(F)c2C(C)C)c(OC)c1. The van der Waals surface area contributed by atoms with Crippen LogP contribution in [0.2, 0.25) is 0 Å². The molecule has 0 atom stereocenters. The smallest absolute Gasteiger partial charge is 0.267 e. The lowest BCUT2D eigenvalue weighted by atomic mass is 9.85. The highest BCUT2D eigenvalue weighted by Gasteiger charge is 2.28. The fourth-order valence-electron chi connectivity index (χ4n) is 4.39. The molecule has 0 aliphatic rings. The molecule has 42 heavy (non-hydrogen) atoms. The maximum absolute atomic E-state index is 15.1. The standard InChI is InChI=1S/C29H40FN3O7S2/c1-7-8-13-40-14-9-12-32-41(35,36)22-10-11-26(25(16-22)39-6)42(37,38)33-27(34)17-24-23(19(2)3)15-21(18-31)29(30)28(24)20(4)5/h10-11,15-16,19-20,32H,7-9,12-14,17H2,1-6H3,(H,33,34). The molecule has 1 amide bonds. The third-order valence-electron chi connectivity index (χ3n) is 6.49. The van der Waals surface area contributed by atoms with Gasteiger partial charge in [-0.25, -0.2) is 30.7 Å². The van der Waals surface area contributed by atoms with Gasteiger partial charge < -0.3 is 9.47 Å². The first-order valence-corrected chi connectivity index (χ1v) is 16.7. The molecule has 0 radical (unpaired) electrons. The van der Waals surface area contributed by atoms with Crippen LogP contribution in [0.4, 0.5) is 4.39 Å². The van der Waals surface area contributed by atoms with E-state index in [-0.39, 0.29) is 40.2 Å². The molecule has 0 aliphatic heterocycles. The summed E-state index contributed by atoms with van der Waals surface area (Å²) in [5.41, 5.74) is 0.919. The molecule has 2 rings (SSSR count). The van der Waals surface area contributed by atoms with E-state index < -0.39 is 43.1 Å². The molecular weight excluding hydrogens is 585 g/mol. The lowest BCUT2D eigenvalue weighted by Gasteiger charge is -2.21. The van der Waals surface area contributed by atoms with Crippen molar-refractivity contribution in [1.29, 1.82) is 5.26 Å². The van der Waals surface area contributed by atoms with Gasteiger partial charge in [0.15, 0.2) is 0 Å². The van der Waals surface area contributed by atoms with Gasteiger partial charge in [0.25, 0.3) is 10.0 Å². The third-order valence-corrected chi connectivity index (χ3v) is 9.36. The first-order valence-electron chi connectivity index (χ1n) is 13.8. The van der Waals surface area contributed by atoms with Crippen LogP contribution in [-0.2, 0) is 36.0 Å². The number of benzene rings is 2. The predicted octanol–water partition coefficient (Wildman–Crippen LogP) is 4.49. The van der Waals surface area contributed by atoms with Crippen LogP contribution in [0.5, 0.6) is 5.75 Å². The first kappa shape index (κ1) is 35.1. The number of carbonyl (C=O) groups excluding carboxylic acids is 1. The van der Waals surface area contributed by atoms with Gasteiger partial charge in [0.2, 0.25) is 15.9 Å². The molecule has 2 aromatic carbocycles. The van der Waals surface area contributed by atoms with Crippen molar-refractivity contribution in [3.8, 4) is 11.8 Å². The lowest BCUT2D eigenvalue weighted by molar-refractivity contribution is -0.118. The minimum absolute atomic E-state index is 0.125. The van der Waals surface area contributed by atoms with E-state index in [2.05, 4.69) is 4.72 Å². The number of methoxy groups -OCH3 is 1. The van der Waals surface area contributed by atoms with Crippen molar-refractivity contribution < 1.29 is 35.5 Å². The number of halogens is 1. The summed E-state index contributed by atoms with van der Waals surface area (Å²) in [5, 5.41) is 9.38. The summed E-state index contributed by atoms with van der Waals surface area (Å²) < 4.78 is 82.0. The Morgan fingerprint density at radius 3 is 2.26 bits per heavy atom. The van der Waals surface area contributed by atoms with E-state index in [1.807, 2.05) is 31.6 Å². The summed E-state index contributed by atoms with van der Waals surface area (Å²) in [6, 6.07) is 6.43. The van der Waals surface area contributed by atoms with Crippen LogP contribution in [0.3, 0.4) is 0 Å². The highest BCUT2D eigenvalue weighted by Crippen LogP contribution is 2.33. The van der Waals surface area contributed by atoms with Crippen LogP contribution in [0.1, 0.15) is 88.0 Å². The van der Waals surface area contributed by atoms with E-state index >= 15 is 4.39 Å². The Labute approximate surface area is 248 Å². The molecule has 0 aromatic heterocycles. The fraction of sp³-hybridized carbons (Fsp3) is 0.517. The molecular formula is C29H40FN3O7S2. The highest BCUT2D eigenvalue weighted by molar-refractivity contribution is 7.90. The van der Waals surface area contributed by atoms with E-state index in [1.54, 1.807) is 13.8 Å². The monoisotopic (exact) mass is 625 g/mol. The molecule has 0 bridgehead atoms. The van der Waals surface area contributed by atoms with Crippen molar-refractivity contribution in [2.75, 3.05) is 26.9 Å². The van der Waals surface area contributed by atoms with Gasteiger partial charge in [0, 0.05) is 25.8 Å². The molecule has 0 aliphatic carbocycles. The second kappa shape index (κ2) is 15.4. The number of unbranched alkanes of at least 4 members (excludes halogenated alkanes) is 1. The van der Waals surface area contributed by atoms with Gasteiger partial charge in [0.05, 0.1) is 24.0 Å². The Morgan fingerprint density at radius 2 is 1.69 bits per heavy atom. The number of nitriles is 1. The molecule has 0 saturated heterocycles. The van der Waals surface area contributed by atoms with Crippen molar-refractivity contribution in [2.45, 2.75) is 81.9 Å². The van der Waals surface area contributed by atoms with E-state index in [0.717, 1.165) is 31.0 Å². The minimum Gasteiger partial charge on any atom is -0.495 e. The van der Waals surface area contributed by atoms with Crippen molar-refractivity contribution in [3.05, 3.63) is 52.3 Å². The number of nitrogens with zero attached hydrogens (tertiary/aromatic N) is 1. The van der Waals surface area contributed by atoms with Crippen molar-refractivity contribution in [1.82, 2.24) is 9.44 Å². The number of nitrogens with one attached hydrogen (secondary N) is 2. The molecule has 2 N–H and O–H groups in total. The number of amides is 1. The number of sulfonamides is 2. The first-order chi connectivity index (χ1) is 19.7. The Kier molecular flexibility index (Phi) is 12.9. The van der Waals surface area contributed by atoms with Gasteiger partial charge in [-0.3, -0.25) is 4.79 Å². The van der Waals surface area contributed by atoms with E-state index in [1.165, 1.54) is 13.2 Å². The summed E-state index contributed by atoms with van der Waals surface area (Å²) in [4.78, 5) is 12.4. The van der Waals surface area contributed by atoms with E-state index in [9.17, 15) is 26.9 Å². The summed E-state index contributed by atoms with van der Waals surface area (Å²) in [6.07, 6.45) is 1.93. The molecule has 13 heteroatoms. The van der Waals surface area contributed by atoms with Gasteiger partial charge in [-0.15, -0.1) is 0 Å². The Hall–Kier alpha value is -3.05. The summed E-state index contributed by atoms with van der Waals surface area (Å²) >= 11 is 0. The zero-order chi connectivity index (χ0) is 31.7. The van der Waals surface area contributed by atoms with E-state index in [0.29, 0.717) is 30.8 Å². The molecule has 0 unspecified atom stereocenters. The van der Waals surface area contributed by atoms with Crippen LogP contribution >= 0.6 is 0 Å². The van der Waals surface area contributed by atoms with Crippen LogP contribution in [0.15, 0.2) is 34.1 Å². The number of hydrogen-bond acceptors (Lipinski definition) is 8. The molecule has 0 heterocycles. The average molecular weight is 626 g/mol. The van der Waals surface area contributed by atoms with Crippen molar-refractivity contribution >= 4 is 26.0 Å². The van der Waals surface area contributed by atoms with Crippen LogP contribution < -0.4 is 14.2 Å². The number of ether oxygens (including phenoxy) is 2. The largest absolute Gasteiger partial charge is 0.495 e. The highest BCUT2D eigenvalue weighted by atomic mass is 32.2. The number of carbonyl (C=O) groups is 1. The van der Waals surface area contributed by atoms with Crippen molar-refractivity contribution in [2.24, 2.45) is 0 Å². The normalized spacial score (nSPS) is 12.0. The topological polar surface area (TPSA) is 152 Å². The van der Waals surface area contributed by atoms with Crippen LogP contribution in [0.25, 0.3) is 0 Å². The molecule has 10 nitrogen and oxygen atoms in total. The average Bonchev–Trinajstić information content (AvgIpc) is 2.91. The molecule has 2 aromatic rings. The molecule has 0 fully saturated rings. The summed E-state index contributed by atoms with van der Waals surface area (Å²) in [6.45, 7) is 10.3. The predicted molar refractivity (Wildman–Crippen MR) is 157 cm³/mol. The maximum atomic E-state index is 15.1. The molecule has 0 saturated carbocycles. The number of rotatable bonds is 16. The van der Waals surface area contributed by atoms with Crippen LogP contribution in [-0.4, -0.2) is 49.6 Å². The van der Waals surface area contributed by atoms with Gasteiger partial charge in [-0.05, 0) is 59.6 Å². The third kappa shape index (κ3) is 8.97. The Morgan fingerprint density at radius 1 is 1.02 bits per heavy atom. The maximum Gasteiger partial charge on any atom is 0.267 e. The van der Waals surface area contributed by atoms with Gasteiger partial charge >= 0.3 is 0 Å². The second-order valence-corrected chi connectivity index (χ2v) is 13.8. The quantitative estimate of drug-likeness (QED) is 0.259. The lowest BCUT2D eigenvalue weighted by Crippen LogP contribution is -2.33. The summed E-state index contributed by atoms with van der Waals surface area (Å²) in [5.74, 6) is -2.50. The zero-order valence-corrected chi connectivity index (χ0v) is 26.5. The Bertz CT molecular complexity index is 1520. The zero-order valence-electron chi connectivity index (χ0n) is 24.9. The minimum atomic E-state index is -4.51. The number of hydrogen-bond donors (Lipinski definition) is 2. The van der Waals surface area contributed by atoms with Gasteiger partial charge in [-0.1, -0.05) is 41.0 Å². The Balaban J connectivity index is 2.28.